The highest BCUT2D eigenvalue weighted by Crippen LogP contribution is 2.29. The number of aromatic nitrogens is 5. The molecule has 0 unspecified atom stereocenters. The van der Waals surface area contributed by atoms with Gasteiger partial charge in [0, 0.05) is 33.2 Å². The third-order valence-electron chi connectivity index (χ3n) is 2.98. The molecule has 0 saturated carbocycles. The van der Waals surface area contributed by atoms with Gasteiger partial charge in [-0.25, -0.2) is 0 Å². The molecule has 0 aliphatic carbocycles. The molecule has 0 radical (unpaired) electrons. The molecule has 0 saturated heterocycles. The lowest BCUT2D eigenvalue weighted by Gasteiger charge is -2.09. The lowest BCUT2D eigenvalue weighted by Crippen LogP contribution is -2.08. The van der Waals surface area contributed by atoms with Gasteiger partial charge in [-0.1, -0.05) is 11.8 Å². The van der Waals surface area contributed by atoms with Crippen LogP contribution in [0.4, 0.5) is 0 Å². The summed E-state index contributed by atoms with van der Waals surface area (Å²) < 4.78 is 19.3. The maximum Gasteiger partial charge on any atom is 0.243 e. The fourth-order valence-corrected chi connectivity index (χ4v) is 2.83. The molecule has 0 bridgehead atoms. The molecule has 0 N–H and O–H groups in total. The third kappa shape index (κ3) is 3.79. The fraction of sp³-hybridized carbons (Fsp3) is 0.615. The van der Waals surface area contributed by atoms with Crippen molar-refractivity contribution in [2.45, 2.75) is 11.7 Å². The van der Waals surface area contributed by atoms with Crippen LogP contribution in [0.2, 0.25) is 0 Å². The van der Waals surface area contributed by atoms with E-state index in [0.29, 0.717) is 25.6 Å². The lowest BCUT2D eigenvalue weighted by molar-refractivity contribution is 0.185. The van der Waals surface area contributed by atoms with Gasteiger partial charge < -0.3 is 14.2 Å². The molecule has 2 aromatic rings. The van der Waals surface area contributed by atoms with Crippen molar-refractivity contribution in [2.24, 2.45) is 7.05 Å². The summed E-state index contributed by atoms with van der Waals surface area (Å²) >= 11 is 1.60. The molecule has 2 rings (SSSR count). The van der Waals surface area contributed by atoms with E-state index in [1.54, 1.807) is 37.8 Å². The number of methoxy groups -OCH3 is 3. The van der Waals surface area contributed by atoms with Gasteiger partial charge in [-0.05, 0) is 0 Å². The first-order chi connectivity index (χ1) is 10.7. The van der Waals surface area contributed by atoms with Crippen LogP contribution in [0, 0.1) is 0 Å². The minimum absolute atomic E-state index is 0.530. The molecule has 22 heavy (non-hydrogen) atoms. The Bertz CT molecular complexity index is 599. The third-order valence-corrected chi connectivity index (χ3v) is 3.91. The van der Waals surface area contributed by atoms with E-state index in [1.807, 2.05) is 17.8 Å². The number of nitrogens with zero attached hydrogens (tertiary/aromatic N) is 5. The molecule has 0 amide bonds. The molecule has 0 atom stereocenters. The zero-order chi connectivity index (χ0) is 15.9. The number of hydrogen-bond donors (Lipinski definition) is 0. The van der Waals surface area contributed by atoms with Crippen LogP contribution in [-0.4, -0.2) is 64.8 Å². The van der Waals surface area contributed by atoms with E-state index in [-0.39, 0.29) is 0 Å². The highest BCUT2D eigenvalue weighted by atomic mass is 32.2. The monoisotopic (exact) mass is 327 g/mol. The average molecular weight is 327 g/mol. The zero-order valence-corrected chi connectivity index (χ0v) is 14.1. The van der Waals surface area contributed by atoms with E-state index < -0.39 is 0 Å². The van der Waals surface area contributed by atoms with Crippen LogP contribution in [0.1, 0.15) is 0 Å². The average Bonchev–Trinajstić information content (AvgIpc) is 3.08. The van der Waals surface area contributed by atoms with Crippen LogP contribution in [0.25, 0.3) is 11.4 Å². The van der Waals surface area contributed by atoms with Gasteiger partial charge in [0.05, 0.1) is 26.9 Å². The van der Waals surface area contributed by atoms with E-state index in [0.717, 1.165) is 22.3 Å². The SMILES string of the molecule is COCCSc1nnc(-c2cn(C)nc2OC)n1CCOC. The summed E-state index contributed by atoms with van der Waals surface area (Å²) in [6, 6.07) is 0. The molecule has 0 fully saturated rings. The largest absolute Gasteiger partial charge is 0.479 e. The second-order valence-corrected chi connectivity index (χ2v) is 5.58. The van der Waals surface area contributed by atoms with E-state index in [4.69, 9.17) is 14.2 Å². The first-order valence-corrected chi connectivity index (χ1v) is 7.81. The van der Waals surface area contributed by atoms with Crippen LogP contribution >= 0.6 is 11.8 Å². The number of hydrogen-bond acceptors (Lipinski definition) is 7. The van der Waals surface area contributed by atoms with Crippen molar-refractivity contribution in [3.8, 4) is 17.3 Å². The van der Waals surface area contributed by atoms with Gasteiger partial charge in [0.15, 0.2) is 11.0 Å². The molecular weight excluding hydrogens is 306 g/mol. The highest BCUT2D eigenvalue weighted by Gasteiger charge is 2.20. The standard InChI is InChI=1S/C13H21N5O3S/c1-17-9-10(12(16-17)21-4)11-14-15-13(22-8-7-20-3)18(11)5-6-19-2/h9H,5-8H2,1-4H3. The molecule has 8 nitrogen and oxygen atoms in total. The summed E-state index contributed by atoms with van der Waals surface area (Å²) in [5.41, 5.74) is 0.812. The summed E-state index contributed by atoms with van der Waals surface area (Å²) in [4.78, 5) is 0. The molecule has 0 aromatic carbocycles. The van der Waals surface area contributed by atoms with E-state index >= 15 is 0 Å². The normalized spacial score (nSPS) is 11.1. The van der Waals surface area contributed by atoms with Gasteiger partial charge in [0.1, 0.15) is 5.56 Å². The molecule has 0 aliphatic rings. The van der Waals surface area contributed by atoms with Crippen LogP contribution in [-0.2, 0) is 23.1 Å². The first-order valence-electron chi connectivity index (χ1n) is 6.83. The van der Waals surface area contributed by atoms with Gasteiger partial charge in [-0.2, -0.15) is 0 Å². The van der Waals surface area contributed by atoms with Crippen molar-refractivity contribution < 1.29 is 14.2 Å². The summed E-state index contributed by atoms with van der Waals surface area (Å²) in [6.07, 6.45) is 1.87. The summed E-state index contributed by atoms with van der Waals surface area (Å²) in [5, 5.41) is 13.7. The number of thioether (sulfide) groups is 1. The quantitative estimate of drug-likeness (QED) is 0.504. The second-order valence-electron chi connectivity index (χ2n) is 4.52. The van der Waals surface area contributed by atoms with Crippen LogP contribution in [0.3, 0.4) is 0 Å². The molecule has 2 aromatic heterocycles. The van der Waals surface area contributed by atoms with Crippen LogP contribution < -0.4 is 4.74 Å². The maximum atomic E-state index is 5.32. The van der Waals surface area contributed by atoms with E-state index in [9.17, 15) is 0 Å². The molecular formula is C13H21N5O3S. The molecule has 122 valence electrons. The van der Waals surface area contributed by atoms with E-state index in [2.05, 4.69) is 15.3 Å². The van der Waals surface area contributed by atoms with Crippen molar-refractivity contribution in [3.05, 3.63) is 6.20 Å². The highest BCUT2D eigenvalue weighted by molar-refractivity contribution is 7.99. The van der Waals surface area contributed by atoms with Crippen molar-refractivity contribution in [2.75, 3.05) is 40.3 Å². The van der Waals surface area contributed by atoms with Crippen molar-refractivity contribution >= 4 is 11.8 Å². The molecule has 0 spiro atoms. The Morgan fingerprint density at radius 1 is 1.14 bits per heavy atom. The van der Waals surface area contributed by atoms with Gasteiger partial charge in [0.25, 0.3) is 0 Å². The Kier molecular flexibility index (Phi) is 6.22. The van der Waals surface area contributed by atoms with Crippen molar-refractivity contribution in [1.29, 1.82) is 0 Å². The van der Waals surface area contributed by atoms with Crippen LogP contribution in [0.5, 0.6) is 5.88 Å². The fourth-order valence-electron chi connectivity index (χ4n) is 1.97. The van der Waals surface area contributed by atoms with Crippen LogP contribution in [0.15, 0.2) is 11.4 Å². The minimum Gasteiger partial charge on any atom is -0.479 e. The number of rotatable bonds is 9. The molecule has 9 heteroatoms. The maximum absolute atomic E-state index is 5.32. The Hall–Kier alpha value is -1.58. The van der Waals surface area contributed by atoms with Crippen molar-refractivity contribution in [3.63, 3.8) is 0 Å². The summed E-state index contributed by atoms with van der Waals surface area (Å²) in [7, 11) is 6.79. The Balaban J connectivity index is 2.32. The molecule has 0 aliphatic heterocycles. The van der Waals surface area contributed by atoms with Gasteiger partial charge in [0.2, 0.25) is 5.88 Å². The Morgan fingerprint density at radius 3 is 2.59 bits per heavy atom. The summed E-state index contributed by atoms with van der Waals surface area (Å²) in [5.74, 6) is 2.06. The Morgan fingerprint density at radius 2 is 1.91 bits per heavy atom. The predicted molar refractivity (Wildman–Crippen MR) is 83.3 cm³/mol. The molecule has 2 heterocycles. The number of aryl methyl sites for hydroxylation is 1. The first kappa shape index (κ1) is 16.8. The topological polar surface area (TPSA) is 76.2 Å². The smallest absolute Gasteiger partial charge is 0.243 e. The lowest BCUT2D eigenvalue weighted by atomic mass is 10.3. The van der Waals surface area contributed by atoms with Gasteiger partial charge in [-0.3, -0.25) is 9.25 Å². The minimum atomic E-state index is 0.530. The second kappa shape index (κ2) is 8.16. The Labute approximate surface area is 133 Å². The predicted octanol–water partition coefficient (Wildman–Crippen LogP) is 1.07. The number of ether oxygens (including phenoxy) is 3. The van der Waals surface area contributed by atoms with Crippen molar-refractivity contribution in [1.82, 2.24) is 24.5 Å². The van der Waals surface area contributed by atoms with E-state index in [1.165, 1.54) is 0 Å². The zero-order valence-electron chi connectivity index (χ0n) is 13.3. The van der Waals surface area contributed by atoms with Gasteiger partial charge in [-0.15, -0.1) is 15.3 Å². The van der Waals surface area contributed by atoms with Gasteiger partial charge >= 0.3 is 0 Å². The summed E-state index contributed by atoms with van der Waals surface area (Å²) in [6.45, 7) is 1.89.